The van der Waals surface area contributed by atoms with Gasteiger partial charge < -0.3 is 24.8 Å². The molecule has 25 heavy (non-hydrogen) atoms. The second kappa shape index (κ2) is 8.72. The third-order valence-electron chi connectivity index (χ3n) is 3.35. The van der Waals surface area contributed by atoms with E-state index in [2.05, 4.69) is 20.8 Å². The van der Waals surface area contributed by atoms with Crippen LogP contribution in [0, 0.1) is 0 Å². The van der Waals surface area contributed by atoms with Gasteiger partial charge in [-0.15, -0.1) is 10.2 Å². The highest BCUT2D eigenvalue weighted by atomic mass is 16.5. The van der Waals surface area contributed by atoms with Crippen LogP contribution in [0.15, 0.2) is 24.3 Å². The molecule has 2 rings (SSSR count). The fourth-order valence-corrected chi connectivity index (χ4v) is 2.20. The van der Waals surface area contributed by atoms with E-state index in [0.29, 0.717) is 41.0 Å². The highest BCUT2D eigenvalue weighted by Crippen LogP contribution is 2.40. The zero-order chi connectivity index (χ0) is 18.2. The number of benzene rings is 1. The van der Waals surface area contributed by atoms with E-state index in [4.69, 9.17) is 14.2 Å². The summed E-state index contributed by atoms with van der Waals surface area (Å²) < 4.78 is 15.9. The molecule has 134 valence electrons. The second-order valence-electron chi connectivity index (χ2n) is 5.14. The summed E-state index contributed by atoms with van der Waals surface area (Å²) in [5.41, 5.74) is 0.701. The topological polar surface area (TPSA) is 94.6 Å². The third kappa shape index (κ3) is 4.72. The van der Waals surface area contributed by atoms with Gasteiger partial charge in [-0.05, 0) is 18.6 Å². The van der Waals surface area contributed by atoms with Crippen molar-refractivity contribution in [1.29, 1.82) is 0 Å². The third-order valence-corrected chi connectivity index (χ3v) is 3.35. The lowest BCUT2D eigenvalue weighted by Gasteiger charge is -2.14. The maximum atomic E-state index is 11.6. The SMILES string of the molecule is CCCC(=O)Nc1ccc(Nc2cc(OC)c(OC)c(OC)c2)nn1. The van der Waals surface area contributed by atoms with E-state index >= 15 is 0 Å². The number of carbonyl (C=O) groups is 1. The van der Waals surface area contributed by atoms with Gasteiger partial charge in [-0.2, -0.15) is 0 Å². The average Bonchev–Trinajstić information content (AvgIpc) is 2.62. The zero-order valence-electron chi connectivity index (χ0n) is 14.8. The van der Waals surface area contributed by atoms with Gasteiger partial charge in [-0.3, -0.25) is 4.79 Å². The first-order chi connectivity index (χ1) is 12.1. The molecular weight excluding hydrogens is 324 g/mol. The van der Waals surface area contributed by atoms with Gasteiger partial charge >= 0.3 is 0 Å². The van der Waals surface area contributed by atoms with Gasteiger partial charge in [0.15, 0.2) is 23.1 Å². The van der Waals surface area contributed by atoms with Gasteiger partial charge in [-0.25, -0.2) is 0 Å². The van der Waals surface area contributed by atoms with Gasteiger partial charge in [0.2, 0.25) is 11.7 Å². The van der Waals surface area contributed by atoms with E-state index in [-0.39, 0.29) is 5.91 Å². The number of aromatic nitrogens is 2. The Hall–Kier alpha value is -3.03. The summed E-state index contributed by atoms with van der Waals surface area (Å²) in [7, 11) is 4.65. The molecule has 8 nitrogen and oxygen atoms in total. The van der Waals surface area contributed by atoms with E-state index in [1.807, 2.05) is 6.92 Å². The highest BCUT2D eigenvalue weighted by Gasteiger charge is 2.13. The van der Waals surface area contributed by atoms with Crippen molar-refractivity contribution < 1.29 is 19.0 Å². The van der Waals surface area contributed by atoms with E-state index in [1.54, 1.807) is 45.6 Å². The average molecular weight is 346 g/mol. The van der Waals surface area contributed by atoms with Crippen LogP contribution in [0.4, 0.5) is 17.3 Å². The molecule has 0 aliphatic heterocycles. The number of rotatable bonds is 8. The number of nitrogens with zero attached hydrogens (tertiary/aromatic N) is 2. The number of amides is 1. The normalized spacial score (nSPS) is 10.1. The van der Waals surface area contributed by atoms with Crippen LogP contribution in [0.5, 0.6) is 17.2 Å². The molecule has 1 aromatic carbocycles. The van der Waals surface area contributed by atoms with Crippen LogP contribution in [0.2, 0.25) is 0 Å². The van der Waals surface area contributed by atoms with E-state index in [0.717, 1.165) is 6.42 Å². The Labute approximate surface area is 146 Å². The first kappa shape index (κ1) is 18.3. The summed E-state index contributed by atoms with van der Waals surface area (Å²) in [5, 5.41) is 13.8. The summed E-state index contributed by atoms with van der Waals surface area (Å²) >= 11 is 0. The predicted molar refractivity (Wildman–Crippen MR) is 95.0 cm³/mol. The standard InChI is InChI=1S/C17H22N4O4/c1-5-6-16(22)19-15-8-7-14(20-21-15)18-11-9-12(23-2)17(25-4)13(10-11)24-3/h7-10H,5-6H2,1-4H3,(H,18,20)(H,19,21,22). The smallest absolute Gasteiger partial charge is 0.225 e. The molecule has 0 atom stereocenters. The molecule has 0 aliphatic rings. The summed E-state index contributed by atoms with van der Waals surface area (Å²) in [6.45, 7) is 1.94. The van der Waals surface area contributed by atoms with Crippen LogP contribution in [-0.2, 0) is 4.79 Å². The Kier molecular flexibility index (Phi) is 6.39. The summed E-state index contributed by atoms with van der Waals surface area (Å²) in [6.07, 6.45) is 1.23. The summed E-state index contributed by atoms with van der Waals surface area (Å²) in [6, 6.07) is 6.93. The van der Waals surface area contributed by atoms with Crippen LogP contribution >= 0.6 is 0 Å². The predicted octanol–water partition coefficient (Wildman–Crippen LogP) is 2.98. The molecule has 0 fully saturated rings. The minimum atomic E-state index is -0.0814. The van der Waals surface area contributed by atoms with Crippen molar-refractivity contribution in [2.24, 2.45) is 0 Å². The lowest BCUT2D eigenvalue weighted by Crippen LogP contribution is -2.12. The fourth-order valence-electron chi connectivity index (χ4n) is 2.20. The Morgan fingerprint density at radius 3 is 2.08 bits per heavy atom. The first-order valence-electron chi connectivity index (χ1n) is 7.81. The number of hydrogen-bond donors (Lipinski definition) is 2. The fraction of sp³-hybridized carbons (Fsp3) is 0.353. The molecule has 1 aromatic heterocycles. The molecule has 0 bridgehead atoms. The van der Waals surface area contributed by atoms with E-state index < -0.39 is 0 Å². The zero-order valence-corrected chi connectivity index (χ0v) is 14.8. The molecule has 2 N–H and O–H groups in total. The molecule has 1 amide bonds. The largest absolute Gasteiger partial charge is 0.493 e. The number of anilines is 3. The molecular formula is C17H22N4O4. The van der Waals surface area contributed by atoms with E-state index in [1.165, 1.54) is 0 Å². The van der Waals surface area contributed by atoms with Crippen molar-refractivity contribution in [2.45, 2.75) is 19.8 Å². The Morgan fingerprint density at radius 1 is 1.00 bits per heavy atom. The molecule has 8 heteroatoms. The van der Waals surface area contributed by atoms with E-state index in [9.17, 15) is 4.79 Å². The minimum Gasteiger partial charge on any atom is -0.493 e. The monoisotopic (exact) mass is 346 g/mol. The molecule has 0 saturated heterocycles. The lowest BCUT2D eigenvalue weighted by molar-refractivity contribution is -0.116. The Morgan fingerprint density at radius 2 is 1.60 bits per heavy atom. The minimum absolute atomic E-state index is 0.0814. The molecule has 1 heterocycles. The van der Waals surface area contributed by atoms with Crippen molar-refractivity contribution in [3.8, 4) is 17.2 Å². The maximum Gasteiger partial charge on any atom is 0.225 e. The Balaban J connectivity index is 2.15. The number of carbonyl (C=O) groups excluding carboxylic acids is 1. The first-order valence-corrected chi connectivity index (χ1v) is 7.81. The van der Waals surface area contributed by atoms with Crippen molar-refractivity contribution in [3.05, 3.63) is 24.3 Å². The number of nitrogens with one attached hydrogen (secondary N) is 2. The molecule has 0 aliphatic carbocycles. The molecule has 0 spiro atoms. The van der Waals surface area contributed by atoms with Crippen LogP contribution in [0.25, 0.3) is 0 Å². The quantitative estimate of drug-likeness (QED) is 0.759. The van der Waals surface area contributed by atoms with Crippen LogP contribution < -0.4 is 24.8 Å². The van der Waals surface area contributed by atoms with Crippen LogP contribution in [0.1, 0.15) is 19.8 Å². The molecule has 0 unspecified atom stereocenters. The van der Waals surface area contributed by atoms with Crippen molar-refractivity contribution in [2.75, 3.05) is 32.0 Å². The van der Waals surface area contributed by atoms with Crippen LogP contribution in [0.3, 0.4) is 0 Å². The van der Waals surface area contributed by atoms with Gasteiger partial charge in [0, 0.05) is 24.2 Å². The maximum absolute atomic E-state index is 11.6. The lowest BCUT2D eigenvalue weighted by atomic mass is 10.2. The van der Waals surface area contributed by atoms with Gasteiger partial charge in [0.1, 0.15) is 0 Å². The summed E-state index contributed by atoms with van der Waals surface area (Å²) in [5.74, 6) is 2.41. The Bertz CT molecular complexity index is 694. The van der Waals surface area contributed by atoms with Gasteiger partial charge in [-0.1, -0.05) is 6.92 Å². The number of methoxy groups -OCH3 is 3. The van der Waals surface area contributed by atoms with Gasteiger partial charge in [0.25, 0.3) is 0 Å². The second-order valence-corrected chi connectivity index (χ2v) is 5.14. The van der Waals surface area contributed by atoms with Crippen LogP contribution in [-0.4, -0.2) is 37.4 Å². The van der Waals surface area contributed by atoms with Crippen molar-refractivity contribution in [1.82, 2.24) is 10.2 Å². The van der Waals surface area contributed by atoms with Crippen molar-refractivity contribution >= 4 is 23.2 Å². The molecule has 0 saturated carbocycles. The highest BCUT2D eigenvalue weighted by molar-refractivity contribution is 5.89. The number of ether oxygens (including phenoxy) is 3. The molecule has 0 radical (unpaired) electrons. The van der Waals surface area contributed by atoms with Gasteiger partial charge in [0.05, 0.1) is 21.3 Å². The number of hydrogen-bond acceptors (Lipinski definition) is 7. The summed E-state index contributed by atoms with van der Waals surface area (Å²) in [4.78, 5) is 11.6. The van der Waals surface area contributed by atoms with Crippen molar-refractivity contribution in [3.63, 3.8) is 0 Å². The molecule has 2 aromatic rings.